The zero-order valence-corrected chi connectivity index (χ0v) is 17.0. The molecule has 0 aliphatic carbocycles. The Bertz CT molecular complexity index is 768. The maximum atomic E-state index is 5.48. The number of rotatable bonds is 6. The van der Waals surface area contributed by atoms with E-state index in [0.29, 0.717) is 28.9 Å². The van der Waals surface area contributed by atoms with Gasteiger partial charge < -0.3 is 24.8 Å². The second kappa shape index (κ2) is 8.92. The van der Waals surface area contributed by atoms with E-state index in [9.17, 15) is 0 Å². The largest absolute Gasteiger partial charge is 0.493 e. The first-order chi connectivity index (χ1) is 12.0. The molecule has 7 heteroatoms. The fourth-order valence-corrected chi connectivity index (χ4v) is 2.81. The third-order valence-corrected chi connectivity index (χ3v) is 4.78. The molecule has 2 N–H and O–H groups in total. The number of benzene rings is 2. The fraction of sp³-hybridized carbons (Fsp3) is 0.278. The summed E-state index contributed by atoms with van der Waals surface area (Å²) in [7, 11) is 4.77. The first kappa shape index (κ1) is 19.3. The van der Waals surface area contributed by atoms with Gasteiger partial charge in [0.25, 0.3) is 0 Å². The van der Waals surface area contributed by atoms with Gasteiger partial charge in [0.15, 0.2) is 16.6 Å². The number of thiocarbonyl (C=S) groups is 1. The van der Waals surface area contributed by atoms with Gasteiger partial charge in [-0.25, -0.2) is 0 Å². The van der Waals surface area contributed by atoms with E-state index in [0.717, 1.165) is 21.3 Å². The molecule has 2 aromatic rings. The number of hydrogen-bond donors (Lipinski definition) is 2. The first-order valence-electron chi connectivity index (χ1n) is 7.59. The third kappa shape index (κ3) is 4.76. The highest BCUT2D eigenvalue weighted by Gasteiger charge is 2.15. The van der Waals surface area contributed by atoms with Crippen molar-refractivity contribution in [1.82, 2.24) is 5.32 Å². The average Bonchev–Trinajstić information content (AvgIpc) is 2.61. The number of anilines is 1. The number of methoxy groups -OCH3 is 3. The van der Waals surface area contributed by atoms with E-state index in [4.69, 9.17) is 26.4 Å². The minimum atomic E-state index is 0.491. The molecule has 0 bridgehead atoms. The summed E-state index contributed by atoms with van der Waals surface area (Å²) < 4.78 is 17.2. The standard InChI is InChI=1S/C18H21BrN2O3S/c1-11-9-13(6-7-14(11)19)21-18(25)20-10-12-5-8-15(22-2)17(24-4)16(12)23-3/h5-9H,10H2,1-4H3,(H2,20,21,25). The van der Waals surface area contributed by atoms with E-state index in [1.54, 1.807) is 21.3 Å². The maximum absolute atomic E-state index is 5.48. The van der Waals surface area contributed by atoms with Crippen LogP contribution in [0.4, 0.5) is 5.69 Å². The van der Waals surface area contributed by atoms with Gasteiger partial charge in [-0.05, 0) is 55.0 Å². The fourth-order valence-electron chi connectivity index (χ4n) is 2.38. The number of hydrogen-bond acceptors (Lipinski definition) is 4. The van der Waals surface area contributed by atoms with Crippen LogP contribution in [0.25, 0.3) is 0 Å². The van der Waals surface area contributed by atoms with Crippen LogP contribution in [-0.4, -0.2) is 26.4 Å². The lowest BCUT2D eigenvalue weighted by molar-refractivity contribution is 0.322. The Kier molecular flexibility index (Phi) is 6.90. The smallest absolute Gasteiger partial charge is 0.203 e. The Balaban J connectivity index is 2.07. The van der Waals surface area contributed by atoms with Crippen molar-refractivity contribution >= 4 is 38.9 Å². The molecule has 2 aromatic carbocycles. The monoisotopic (exact) mass is 424 g/mol. The van der Waals surface area contributed by atoms with Gasteiger partial charge in [0, 0.05) is 22.3 Å². The molecular weight excluding hydrogens is 404 g/mol. The van der Waals surface area contributed by atoms with E-state index in [2.05, 4.69) is 26.6 Å². The van der Waals surface area contributed by atoms with E-state index in [-0.39, 0.29) is 0 Å². The molecule has 0 saturated carbocycles. The van der Waals surface area contributed by atoms with E-state index in [1.807, 2.05) is 37.3 Å². The minimum Gasteiger partial charge on any atom is -0.493 e. The molecule has 0 atom stereocenters. The molecule has 0 fully saturated rings. The molecule has 0 unspecified atom stereocenters. The van der Waals surface area contributed by atoms with Crippen molar-refractivity contribution in [3.8, 4) is 17.2 Å². The molecule has 0 aliphatic rings. The van der Waals surface area contributed by atoms with Crippen LogP contribution in [0.5, 0.6) is 17.2 Å². The number of ether oxygens (including phenoxy) is 3. The molecule has 5 nitrogen and oxygen atoms in total. The van der Waals surface area contributed by atoms with Crippen LogP contribution in [0.2, 0.25) is 0 Å². The number of halogens is 1. The van der Waals surface area contributed by atoms with Crippen molar-refractivity contribution < 1.29 is 14.2 Å². The third-order valence-electron chi connectivity index (χ3n) is 3.64. The molecule has 134 valence electrons. The second-order valence-electron chi connectivity index (χ2n) is 5.27. The van der Waals surface area contributed by atoms with E-state index in [1.165, 1.54) is 0 Å². The van der Waals surface area contributed by atoms with Crippen molar-refractivity contribution in [2.75, 3.05) is 26.6 Å². The summed E-state index contributed by atoms with van der Waals surface area (Å²) in [6.07, 6.45) is 0. The van der Waals surface area contributed by atoms with Crippen LogP contribution in [0, 0.1) is 6.92 Å². The lowest BCUT2D eigenvalue weighted by Crippen LogP contribution is -2.28. The Morgan fingerprint density at radius 2 is 1.76 bits per heavy atom. The topological polar surface area (TPSA) is 51.8 Å². The summed E-state index contributed by atoms with van der Waals surface area (Å²) in [6, 6.07) is 9.72. The molecule has 0 amide bonds. The second-order valence-corrected chi connectivity index (χ2v) is 6.53. The van der Waals surface area contributed by atoms with Crippen LogP contribution in [0.1, 0.15) is 11.1 Å². The predicted octanol–water partition coefficient (Wildman–Crippen LogP) is 4.27. The molecule has 25 heavy (non-hydrogen) atoms. The Morgan fingerprint density at radius 1 is 1.04 bits per heavy atom. The van der Waals surface area contributed by atoms with E-state index < -0.39 is 0 Å². The summed E-state index contributed by atoms with van der Waals surface area (Å²) in [4.78, 5) is 0. The first-order valence-corrected chi connectivity index (χ1v) is 8.79. The van der Waals surface area contributed by atoms with Crippen LogP contribution < -0.4 is 24.8 Å². The van der Waals surface area contributed by atoms with Gasteiger partial charge in [-0.2, -0.15) is 0 Å². The Morgan fingerprint density at radius 3 is 2.36 bits per heavy atom. The van der Waals surface area contributed by atoms with Crippen molar-refractivity contribution in [3.05, 3.63) is 45.9 Å². The maximum Gasteiger partial charge on any atom is 0.203 e. The normalized spacial score (nSPS) is 10.1. The molecule has 0 heterocycles. The van der Waals surface area contributed by atoms with Gasteiger partial charge >= 0.3 is 0 Å². The molecule has 0 radical (unpaired) electrons. The lowest BCUT2D eigenvalue weighted by Gasteiger charge is -2.17. The van der Waals surface area contributed by atoms with Gasteiger partial charge in [0.1, 0.15) is 0 Å². The number of nitrogens with one attached hydrogen (secondary N) is 2. The highest BCUT2D eigenvalue weighted by Crippen LogP contribution is 2.39. The zero-order valence-electron chi connectivity index (χ0n) is 14.6. The van der Waals surface area contributed by atoms with Crippen LogP contribution in [0.3, 0.4) is 0 Å². The summed E-state index contributed by atoms with van der Waals surface area (Å²) >= 11 is 8.86. The highest BCUT2D eigenvalue weighted by molar-refractivity contribution is 9.10. The Hall–Kier alpha value is -1.99. The number of aryl methyl sites for hydroxylation is 1. The van der Waals surface area contributed by atoms with Crippen molar-refractivity contribution in [2.24, 2.45) is 0 Å². The van der Waals surface area contributed by atoms with Gasteiger partial charge in [-0.15, -0.1) is 0 Å². The van der Waals surface area contributed by atoms with E-state index >= 15 is 0 Å². The molecule has 2 rings (SSSR count). The predicted molar refractivity (Wildman–Crippen MR) is 108 cm³/mol. The Labute approximate surface area is 161 Å². The summed E-state index contributed by atoms with van der Waals surface area (Å²) in [6.45, 7) is 2.52. The quantitative estimate of drug-likeness (QED) is 0.675. The van der Waals surface area contributed by atoms with Gasteiger partial charge in [0.2, 0.25) is 5.75 Å². The van der Waals surface area contributed by atoms with Crippen LogP contribution in [-0.2, 0) is 6.54 Å². The van der Waals surface area contributed by atoms with Gasteiger partial charge in [-0.1, -0.05) is 15.9 Å². The SMILES string of the molecule is COc1ccc(CNC(=S)Nc2ccc(Br)c(C)c2)c(OC)c1OC. The summed E-state index contributed by atoms with van der Waals surface area (Å²) in [5.74, 6) is 1.80. The van der Waals surface area contributed by atoms with Gasteiger partial charge in [0.05, 0.1) is 21.3 Å². The average molecular weight is 425 g/mol. The molecule has 0 spiro atoms. The molecule has 0 aliphatic heterocycles. The van der Waals surface area contributed by atoms with Crippen LogP contribution in [0.15, 0.2) is 34.8 Å². The molecular formula is C18H21BrN2O3S. The van der Waals surface area contributed by atoms with Crippen molar-refractivity contribution in [2.45, 2.75) is 13.5 Å². The van der Waals surface area contributed by atoms with Crippen molar-refractivity contribution in [1.29, 1.82) is 0 Å². The minimum absolute atomic E-state index is 0.491. The lowest BCUT2D eigenvalue weighted by atomic mass is 10.1. The highest BCUT2D eigenvalue weighted by atomic mass is 79.9. The van der Waals surface area contributed by atoms with Crippen molar-refractivity contribution in [3.63, 3.8) is 0 Å². The zero-order chi connectivity index (χ0) is 18.4. The van der Waals surface area contributed by atoms with Gasteiger partial charge in [-0.3, -0.25) is 0 Å². The summed E-state index contributed by atoms with van der Waals surface area (Å²) in [5, 5.41) is 6.88. The molecule has 0 aromatic heterocycles. The summed E-state index contributed by atoms with van der Waals surface area (Å²) in [5.41, 5.74) is 2.98. The molecule has 0 saturated heterocycles. The van der Waals surface area contributed by atoms with Crippen LogP contribution >= 0.6 is 28.1 Å².